The van der Waals surface area contributed by atoms with Crippen LogP contribution in [0, 0.1) is 0 Å². The van der Waals surface area contributed by atoms with Crippen molar-refractivity contribution in [3.05, 3.63) is 42.5 Å². The number of rotatable bonds is 7. The molecule has 1 aromatic rings. The molecular weight excluding hydrogens is 320 g/mol. The third-order valence-electron chi connectivity index (χ3n) is 4.28. The Labute approximate surface area is 148 Å². The van der Waals surface area contributed by atoms with Crippen molar-refractivity contribution in [2.45, 2.75) is 38.3 Å². The highest BCUT2D eigenvalue weighted by molar-refractivity contribution is 5.81. The Morgan fingerprint density at radius 3 is 2.60 bits per heavy atom. The normalized spacial score (nSPS) is 16.3. The lowest BCUT2D eigenvalue weighted by Gasteiger charge is -2.33. The number of phenolic OH excluding ortho intramolecular Hbond substituents is 1. The van der Waals surface area contributed by atoms with Gasteiger partial charge in [0.1, 0.15) is 11.9 Å². The summed E-state index contributed by atoms with van der Waals surface area (Å²) in [4.78, 5) is 26.2. The SMILES string of the molecule is C=CCO[C@@H](C)C(=O)N1CCC(NC(=O)Cc2ccc(O)cc2)CC1. The van der Waals surface area contributed by atoms with Crippen molar-refractivity contribution >= 4 is 11.8 Å². The molecule has 1 aromatic carbocycles. The Morgan fingerprint density at radius 2 is 2.00 bits per heavy atom. The van der Waals surface area contributed by atoms with E-state index >= 15 is 0 Å². The van der Waals surface area contributed by atoms with E-state index in [2.05, 4.69) is 11.9 Å². The average molecular weight is 346 g/mol. The lowest BCUT2D eigenvalue weighted by atomic mass is 10.0. The second-order valence-corrected chi connectivity index (χ2v) is 6.27. The van der Waals surface area contributed by atoms with E-state index in [4.69, 9.17) is 4.74 Å². The van der Waals surface area contributed by atoms with E-state index in [1.54, 1.807) is 42.2 Å². The fourth-order valence-electron chi connectivity index (χ4n) is 2.86. The van der Waals surface area contributed by atoms with Gasteiger partial charge in [0, 0.05) is 19.1 Å². The zero-order valence-corrected chi connectivity index (χ0v) is 14.6. The largest absolute Gasteiger partial charge is 0.508 e. The number of piperidine rings is 1. The second-order valence-electron chi connectivity index (χ2n) is 6.27. The molecule has 2 N–H and O–H groups in total. The maximum atomic E-state index is 12.3. The van der Waals surface area contributed by atoms with Crippen molar-refractivity contribution in [1.29, 1.82) is 0 Å². The highest BCUT2D eigenvalue weighted by Gasteiger charge is 2.26. The van der Waals surface area contributed by atoms with Crippen LogP contribution in [0.1, 0.15) is 25.3 Å². The molecule has 0 saturated carbocycles. The van der Waals surface area contributed by atoms with Gasteiger partial charge in [0.25, 0.3) is 5.91 Å². The third-order valence-corrected chi connectivity index (χ3v) is 4.28. The number of amides is 2. The fraction of sp³-hybridized carbons (Fsp3) is 0.474. The summed E-state index contributed by atoms with van der Waals surface area (Å²) in [6.07, 6.45) is 2.91. The highest BCUT2D eigenvalue weighted by Crippen LogP contribution is 2.14. The highest BCUT2D eigenvalue weighted by atomic mass is 16.5. The van der Waals surface area contributed by atoms with Crippen molar-refractivity contribution < 1.29 is 19.4 Å². The molecule has 1 atom stereocenters. The quantitative estimate of drug-likeness (QED) is 0.736. The van der Waals surface area contributed by atoms with Crippen molar-refractivity contribution in [3.63, 3.8) is 0 Å². The number of nitrogens with one attached hydrogen (secondary N) is 1. The van der Waals surface area contributed by atoms with E-state index in [0.29, 0.717) is 19.7 Å². The Hall–Kier alpha value is -2.34. The number of hydrogen-bond acceptors (Lipinski definition) is 4. The molecule has 0 unspecified atom stereocenters. The fourth-order valence-corrected chi connectivity index (χ4v) is 2.86. The van der Waals surface area contributed by atoms with Gasteiger partial charge >= 0.3 is 0 Å². The molecule has 0 bridgehead atoms. The second kappa shape index (κ2) is 9.22. The number of nitrogens with zero attached hydrogens (tertiary/aromatic N) is 1. The summed E-state index contributed by atoms with van der Waals surface area (Å²) < 4.78 is 5.38. The maximum absolute atomic E-state index is 12.3. The summed E-state index contributed by atoms with van der Waals surface area (Å²) in [6, 6.07) is 6.70. The molecule has 1 aliphatic heterocycles. The molecular formula is C19H26N2O4. The molecule has 136 valence electrons. The Morgan fingerprint density at radius 1 is 1.36 bits per heavy atom. The summed E-state index contributed by atoms with van der Waals surface area (Å²) in [6.45, 7) is 6.91. The predicted molar refractivity (Wildman–Crippen MR) is 95.2 cm³/mol. The number of carbonyl (C=O) groups is 2. The first-order valence-electron chi connectivity index (χ1n) is 8.58. The van der Waals surface area contributed by atoms with E-state index in [0.717, 1.165) is 18.4 Å². The molecule has 0 radical (unpaired) electrons. The molecule has 2 amide bonds. The van der Waals surface area contributed by atoms with Crippen LogP contribution in [0.5, 0.6) is 5.75 Å². The number of hydrogen-bond donors (Lipinski definition) is 2. The van der Waals surface area contributed by atoms with Crippen LogP contribution in [0.15, 0.2) is 36.9 Å². The minimum Gasteiger partial charge on any atom is -0.508 e. The lowest BCUT2D eigenvalue weighted by Crippen LogP contribution is -2.49. The van der Waals surface area contributed by atoms with Crippen LogP contribution < -0.4 is 5.32 Å². The average Bonchev–Trinajstić information content (AvgIpc) is 2.61. The van der Waals surface area contributed by atoms with E-state index < -0.39 is 6.10 Å². The summed E-state index contributed by atoms with van der Waals surface area (Å²) in [5, 5.41) is 12.3. The molecule has 0 aliphatic carbocycles. The minimum absolute atomic E-state index is 0.0179. The van der Waals surface area contributed by atoms with Crippen molar-refractivity contribution in [2.75, 3.05) is 19.7 Å². The Balaban J connectivity index is 1.74. The Bertz CT molecular complexity index is 592. The number of likely N-dealkylation sites (tertiary alicyclic amines) is 1. The first kappa shape index (κ1) is 19.0. The molecule has 1 fully saturated rings. The molecule has 25 heavy (non-hydrogen) atoms. The summed E-state index contributed by atoms with van der Waals surface area (Å²) in [5.41, 5.74) is 0.858. The smallest absolute Gasteiger partial charge is 0.251 e. The molecule has 0 spiro atoms. The zero-order valence-electron chi connectivity index (χ0n) is 14.6. The van der Waals surface area contributed by atoms with Gasteiger partial charge in [0.2, 0.25) is 5.91 Å². The van der Waals surface area contributed by atoms with E-state index in [1.807, 2.05) is 0 Å². The van der Waals surface area contributed by atoms with Gasteiger partial charge in [-0.1, -0.05) is 18.2 Å². The summed E-state index contributed by atoms with van der Waals surface area (Å²) >= 11 is 0. The van der Waals surface area contributed by atoms with Gasteiger partial charge in [0.05, 0.1) is 13.0 Å². The first-order chi connectivity index (χ1) is 12.0. The number of ether oxygens (including phenoxy) is 1. The van der Waals surface area contributed by atoms with Gasteiger partial charge < -0.3 is 20.1 Å². The number of aromatic hydroxyl groups is 1. The number of benzene rings is 1. The topological polar surface area (TPSA) is 78.9 Å². The third kappa shape index (κ3) is 5.90. The molecule has 1 aliphatic rings. The van der Waals surface area contributed by atoms with Crippen molar-refractivity contribution in [2.24, 2.45) is 0 Å². The maximum Gasteiger partial charge on any atom is 0.251 e. The molecule has 1 heterocycles. The van der Waals surface area contributed by atoms with Gasteiger partial charge in [-0.2, -0.15) is 0 Å². The predicted octanol–water partition coefficient (Wildman–Crippen LogP) is 1.63. The van der Waals surface area contributed by atoms with Crippen molar-refractivity contribution in [3.8, 4) is 5.75 Å². The van der Waals surface area contributed by atoms with E-state index in [-0.39, 0.29) is 30.0 Å². The van der Waals surface area contributed by atoms with Crippen LogP contribution in [0.3, 0.4) is 0 Å². The molecule has 6 nitrogen and oxygen atoms in total. The van der Waals surface area contributed by atoms with Crippen LogP contribution in [0.4, 0.5) is 0 Å². The van der Waals surface area contributed by atoms with Crippen LogP contribution in [-0.4, -0.2) is 53.7 Å². The molecule has 1 saturated heterocycles. The van der Waals surface area contributed by atoms with Gasteiger partial charge in [-0.15, -0.1) is 6.58 Å². The van der Waals surface area contributed by atoms with E-state index in [1.165, 1.54) is 0 Å². The number of carbonyl (C=O) groups excluding carboxylic acids is 2. The Kier molecular flexibility index (Phi) is 7.01. The summed E-state index contributed by atoms with van der Waals surface area (Å²) in [7, 11) is 0. The molecule has 6 heteroatoms. The van der Waals surface area contributed by atoms with Crippen LogP contribution in [0.25, 0.3) is 0 Å². The monoisotopic (exact) mass is 346 g/mol. The lowest BCUT2D eigenvalue weighted by molar-refractivity contribution is -0.143. The van der Waals surface area contributed by atoms with Gasteiger partial charge in [-0.05, 0) is 37.5 Å². The number of phenols is 1. The minimum atomic E-state index is -0.473. The first-order valence-corrected chi connectivity index (χ1v) is 8.58. The van der Waals surface area contributed by atoms with Gasteiger partial charge in [-0.3, -0.25) is 9.59 Å². The van der Waals surface area contributed by atoms with E-state index in [9.17, 15) is 14.7 Å². The van der Waals surface area contributed by atoms with Gasteiger partial charge in [-0.25, -0.2) is 0 Å². The van der Waals surface area contributed by atoms with Crippen LogP contribution in [0.2, 0.25) is 0 Å². The summed E-state index contributed by atoms with van der Waals surface area (Å²) in [5.74, 6) is 0.126. The van der Waals surface area contributed by atoms with Crippen molar-refractivity contribution in [1.82, 2.24) is 10.2 Å². The molecule has 0 aromatic heterocycles. The van der Waals surface area contributed by atoms with Gasteiger partial charge in [0.15, 0.2) is 0 Å². The standard InChI is InChI=1S/C19H26N2O4/c1-3-12-25-14(2)19(24)21-10-8-16(9-11-21)20-18(23)13-15-4-6-17(22)7-5-15/h3-7,14,16,22H,1,8-13H2,2H3,(H,20,23)/t14-/m0/s1. The van der Waals surface area contributed by atoms with Crippen LogP contribution in [-0.2, 0) is 20.7 Å². The molecule has 2 rings (SSSR count). The zero-order chi connectivity index (χ0) is 18.2. The van der Waals surface area contributed by atoms with Crippen LogP contribution >= 0.6 is 0 Å².